The lowest BCUT2D eigenvalue weighted by Gasteiger charge is -2.19. The fourth-order valence-corrected chi connectivity index (χ4v) is 4.37. The second-order valence-corrected chi connectivity index (χ2v) is 10.1. The molecule has 0 saturated heterocycles. The van der Waals surface area contributed by atoms with Crippen LogP contribution in [0.2, 0.25) is 0 Å². The molecule has 0 aliphatic carbocycles. The van der Waals surface area contributed by atoms with Gasteiger partial charge in [-0.15, -0.1) is 0 Å². The number of nitrogens with zero attached hydrogens (tertiary/aromatic N) is 1. The standard InChI is InChI=1S/C17H15NO2.C9H13N.C9H12O/c1-12(13-7-3-2-4-8-13)11-18-16(19)14-9-5-6-10-15(14)17(18)20;2*1-8(7-10)9-5-3-2-4-6-9/h2-10,12H,11H2,1H3;2-6,8H,7,10H2,1H3;2-6,8,10H,7H2,1H3/t12-;2*8-/m111/s1. The van der Waals surface area contributed by atoms with Crippen LogP contribution < -0.4 is 5.73 Å². The van der Waals surface area contributed by atoms with E-state index in [1.54, 1.807) is 24.3 Å². The molecule has 0 fully saturated rings. The van der Waals surface area contributed by atoms with E-state index in [2.05, 4.69) is 19.1 Å². The van der Waals surface area contributed by atoms with Gasteiger partial charge in [-0.1, -0.05) is 124 Å². The minimum Gasteiger partial charge on any atom is -0.396 e. The predicted octanol–water partition coefficient (Wildman–Crippen LogP) is 6.62. The molecule has 4 aromatic carbocycles. The van der Waals surface area contributed by atoms with Gasteiger partial charge in [0.25, 0.3) is 11.8 Å². The molecule has 5 heteroatoms. The molecule has 0 spiro atoms. The first-order valence-corrected chi connectivity index (χ1v) is 13.8. The lowest BCUT2D eigenvalue weighted by Crippen LogP contribution is -2.33. The molecule has 3 atom stereocenters. The summed E-state index contributed by atoms with van der Waals surface area (Å²) in [5.41, 5.74) is 10.2. The summed E-state index contributed by atoms with van der Waals surface area (Å²) in [4.78, 5) is 25.9. The molecular formula is C35H40N2O3. The molecule has 1 aliphatic rings. The molecule has 208 valence electrons. The maximum atomic E-state index is 12.3. The van der Waals surface area contributed by atoms with Gasteiger partial charge in [-0.05, 0) is 47.2 Å². The molecule has 0 radical (unpaired) electrons. The SMILES string of the molecule is C[C@H](CN)c1ccccc1.C[C@H](CN1C(=O)c2ccccc2C1=O)c1ccccc1.C[C@H](CO)c1ccccc1. The fourth-order valence-electron chi connectivity index (χ4n) is 4.37. The molecule has 0 saturated carbocycles. The van der Waals surface area contributed by atoms with Crippen molar-refractivity contribution < 1.29 is 14.7 Å². The Kier molecular flexibility index (Phi) is 11.8. The molecule has 0 bridgehead atoms. The summed E-state index contributed by atoms with van der Waals surface area (Å²) in [6.45, 7) is 7.54. The van der Waals surface area contributed by atoms with E-state index in [0.717, 1.165) is 12.1 Å². The molecule has 3 N–H and O–H groups in total. The van der Waals surface area contributed by atoms with E-state index in [1.807, 2.05) is 92.7 Å². The summed E-state index contributed by atoms with van der Waals surface area (Å²) < 4.78 is 0. The number of fused-ring (bicyclic) bond motifs is 1. The zero-order chi connectivity index (χ0) is 28.9. The van der Waals surface area contributed by atoms with E-state index < -0.39 is 0 Å². The Hall–Kier alpha value is -4.06. The van der Waals surface area contributed by atoms with Gasteiger partial charge in [0.1, 0.15) is 0 Å². The first-order valence-electron chi connectivity index (χ1n) is 13.8. The summed E-state index contributed by atoms with van der Waals surface area (Å²) >= 11 is 0. The van der Waals surface area contributed by atoms with Crippen molar-refractivity contribution >= 4 is 11.8 Å². The first kappa shape index (κ1) is 30.5. The maximum absolute atomic E-state index is 12.3. The number of aliphatic hydroxyl groups excluding tert-OH is 1. The zero-order valence-corrected chi connectivity index (χ0v) is 23.6. The average Bonchev–Trinajstić information content (AvgIpc) is 3.27. The third-order valence-electron chi connectivity index (χ3n) is 7.07. The van der Waals surface area contributed by atoms with Crippen LogP contribution in [0.25, 0.3) is 0 Å². The monoisotopic (exact) mass is 536 g/mol. The normalized spacial score (nSPS) is 14.2. The lowest BCUT2D eigenvalue weighted by molar-refractivity contribution is 0.0646. The van der Waals surface area contributed by atoms with Crippen molar-refractivity contribution in [3.63, 3.8) is 0 Å². The van der Waals surface area contributed by atoms with E-state index in [1.165, 1.54) is 16.0 Å². The van der Waals surface area contributed by atoms with Crippen LogP contribution in [0.4, 0.5) is 0 Å². The number of benzene rings is 4. The highest BCUT2D eigenvalue weighted by atomic mass is 16.3. The number of carbonyl (C=O) groups is 2. The van der Waals surface area contributed by atoms with Crippen molar-refractivity contribution in [3.8, 4) is 0 Å². The first-order chi connectivity index (χ1) is 19.4. The molecule has 40 heavy (non-hydrogen) atoms. The van der Waals surface area contributed by atoms with Crippen molar-refractivity contribution in [3.05, 3.63) is 143 Å². The summed E-state index contributed by atoms with van der Waals surface area (Å²) in [7, 11) is 0. The Balaban J connectivity index is 0.000000185. The second kappa shape index (κ2) is 15.5. The van der Waals surface area contributed by atoms with Gasteiger partial charge < -0.3 is 10.8 Å². The van der Waals surface area contributed by atoms with E-state index in [0.29, 0.717) is 23.6 Å². The number of rotatable bonds is 7. The quantitative estimate of drug-likeness (QED) is 0.260. The van der Waals surface area contributed by atoms with Gasteiger partial charge in [0.2, 0.25) is 0 Å². The van der Waals surface area contributed by atoms with Crippen LogP contribution in [-0.4, -0.2) is 41.5 Å². The van der Waals surface area contributed by atoms with Crippen molar-refractivity contribution in [1.82, 2.24) is 4.90 Å². The Bertz CT molecular complexity index is 1250. The van der Waals surface area contributed by atoms with Gasteiger partial charge in [0.05, 0.1) is 11.1 Å². The number of imide groups is 1. The van der Waals surface area contributed by atoms with Crippen molar-refractivity contribution in [2.75, 3.05) is 19.7 Å². The Morgan fingerprint density at radius 1 is 0.575 bits per heavy atom. The Morgan fingerprint density at radius 2 is 0.925 bits per heavy atom. The van der Waals surface area contributed by atoms with Gasteiger partial charge in [-0.3, -0.25) is 14.5 Å². The number of amides is 2. The van der Waals surface area contributed by atoms with E-state index in [-0.39, 0.29) is 30.3 Å². The minimum atomic E-state index is -0.187. The highest BCUT2D eigenvalue weighted by molar-refractivity contribution is 6.21. The van der Waals surface area contributed by atoms with Crippen LogP contribution in [-0.2, 0) is 0 Å². The van der Waals surface area contributed by atoms with Gasteiger partial charge in [-0.2, -0.15) is 0 Å². The Morgan fingerprint density at radius 3 is 1.30 bits per heavy atom. The molecule has 1 aliphatic heterocycles. The van der Waals surface area contributed by atoms with Crippen LogP contribution >= 0.6 is 0 Å². The summed E-state index contributed by atoms with van der Waals surface area (Å²) in [5.74, 6) is 0.502. The highest BCUT2D eigenvalue weighted by Crippen LogP contribution is 2.26. The molecule has 5 rings (SSSR count). The van der Waals surface area contributed by atoms with Crippen LogP contribution in [0.5, 0.6) is 0 Å². The van der Waals surface area contributed by atoms with Crippen LogP contribution in [0.3, 0.4) is 0 Å². The number of hydrogen-bond acceptors (Lipinski definition) is 4. The summed E-state index contributed by atoms with van der Waals surface area (Å²) in [6, 6.07) is 37.3. The van der Waals surface area contributed by atoms with Gasteiger partial charge >= 0.3 is 0 Å². The summed E-state index contributed by atoms with van der Waals surface area (Å²) in [5, 5.41) is 8.79. The smallest absolute Gasteiger partial charge is 0.261 e. The third-order valence-corrected chi connectivity index (χ3v) is 7.07. The molecular weight excluding hydrogens is 496 g/mol. The molecule has 2 amide bonds. The average molecular weight is 537 g/mol. The Labute approximate surface area is 238 Å². The van der Waals surface area contributed by atoms with Gasteiger partial charge in [-0.25, -0.2) is 0 Å². The lowest BCUT2D eigenvalue weighted by atomic mass is 10.0. The zero-order valence-electron chi connectivity index (χ0n) is 23.6. The molecule has 0 unspecified atom stereocenters. The van der Waals surface area contributed by atoms with Crippen molar-refractivity contribution in [1.29, 1.82) is 0 Å². The summed E-state index contributed by atoms with van der Waals surface area (Å²) in [6.07, 6.45) is 0. The predicted molar refractivity (Wildman–Crippen MR) is 163 cm³/mol. The van der Waals surface area contributed by atoms with Crippen LogP contribution in [0, 0.1) is 0 Å². The van der Waals surface area contributed by atoms with Gasteiger partial charge in [0.15, 0.2) is 0 Å². The number of nitrogens with two attached hydrogens (primary N) is 1. The number of aliphatic hydroxyl groups is 1. The van der Waals surface area contributed by atoms with E-state index in [4.69, 9.17) is 10.8 Å². The third kappa shape index (κ3) is 8.22. The molecule has 4 aromatic rings. The van der Waals surface area contributed by atoms with Crippen molar-refractivity contribution in [2.24, 2.45) is 5.73 Å². The minimum absolute atomic E-state index is 0.124. The molecule has 5 nitrogen and oxygen atoms in total. The van der Waals surface area contributed by atoms with Crippen LogP contribution in [0.1, 0.15) is 75.9 Å². The van der Waals surface area contributed by atoms with E-state index in [9.17, 15) is 9.59 Å². The topological polar surface area (TPSA) is 83.6 Å². The second-order valence-electron chi connectivity index (χ2n) is 10.1. The molecule has 1 heterocycles. The molecule has 0 aromatic heterocycles. The fraction of sp³-hybridized carbons (Fsp3) is 0.257. The van der Waals surface area contributed by atoms with Crippen LogP contribution in [0.15, 0.2) is 115 Å². The largest absolute Gasteiger partial charge is 0.396 e. The number of hydrogen-bond donors (Lipinski definition) is 2. The maximum Gasteiger partial charge on any atom is 0.261 e. The number of carbonyl (C=O) groups excluding carboxylic acids is 2. The van der Waals surface area contributed by atoms with E-state index >= 15 is 0 Å². The highest BCUT2D eigenvalue weighted by Gasteiger charge is 2.35. The van der Waals surface area contributed by atoms with Gasteiger partial charge in [0, 0.05) is 19.1 Å². The van der Waals surface area contributed by atoms with Crippen molar-refractivity contribution in [2.45, 2.75) is 38.5 Å².